The zero-order valence-electron chi connectivity index (χ0n) is 16.7. The largest absolute Gasteiger partial charge is 0.455 e. The maximum absolute atomic E-state index is 12.1. The molecule has 30 heavy (non-hydrogen) atoms. The van der Waals surface area contributed by atoms with E-state index < -0.39 is 5.97 Å². The molecule has 0 radical (unpaired) electrons. The van der Waals surface area contributed by atoms with Gasteiger partial charge in [-0.2, -0.15) is 0 Å². The summed E-state index contributed by atoms with van der Waals surface area (Å²) in [5, 5.41) is 3.74. The SMILES string of the molecule is O=C(COC(=O)Cc1c[nH]c2ccccc12)Nc1ccc(CN2CCOCC2)cc1. The van der Waals surface area contributed by atoms with Gasteiger partial charge in [0.2, 0.25) is 0 Å². The number of para-hydroxylation sites is 1. The van der Waals surface area contributed by atoms with Gasteiger partial charge in [-0.15, -0.1) is 0 Å². The Balaban J connectivity index is 1.22. The van der Waals surface area contributed by atoms with Crippen molar-refractivity contribution in [2.45, 2.75) is 13.0 Å². The molecule has 1 amide bonds. The number of fused-ring (bicyclic) bond motifs is 1. The first-order valence-electron chi connectivity index (χ1n) is 10.1. The first-order chi connectivity index (χ1) is 14.7. The van der Waals surface area contributed by atoms with Gasteiger partial charge < -0.3 is 19.8 Å². The van der Waals surface area contributed by atoms with Crippen molar-refractivity contribution in [2.24, 2.45) is 0 Å². The highest BCUT2D eigenvalue weighted by molar-refractivity contribution is 5.93. The molecule has 1 saturated heterocycles. The Morgan fingerprint density at radius 1 is 1.07 bits per heavy atom. The number of aromatic nitrogens is 1. The molecule has 156 valence electrons. The van der Waals surface area contributed by atoms with Crippen molar-refractivity contribution >= 4 is 28.5 Å². The number of aromatic amines is 1. The highest BCUT2D eigenvalue weighted by Gasteiger charge is 2.13. The topological polar surface area (TPSA) is 83.7 Å². The van der Waals surface area contributed by atoms with Crippen LogP contribution in [0.1, 0.15) is 11.1 Å². The summed E-state index contributed by atoms with van der Waals surface area (Å²) in [5.41, 5.74) is 3.68. The molecule has 0 spiro atoms. The van der Waals surface area contributed by atoms with Gasteiger partial charge in [-0.1, -0.05) is 30.3 Å². The molecule has 7 heteroatoms. The number of hydrogen-bond donors (Lipinski definition) is 2. The number of morpholine rings is 1. The van der Waals surface area contributed by atoms with Crippen LogP contribution in [0.15, 0.2) is 54.7 Å². The standard InChI is InChI=1S/C23H25N3O4/c27-22(16-30-23(28)13-18-14-24-21-4-2-1-3-20(18)21)25-19-7-5-17(6-8-19)15-26-9-11-29-12-10-26/h1-8,14,24H,9-13,15-16H2,(H,25,27). The van der Waals surface area contributed by atoms with Crippen molar-refractivity contribution < 1.29 is 19.1 Å². The molecule has 1 aromatic heterocycles. The molecule has 1 fully saturated rings. The molecular formula is C23H25N3O4. The van der Waals surface area contributed by atoms with Crippen LogP contribution in [0.2, 0.25) is 0 Å². The number of ether oxygens (including phenoxy) is 2. The highest BCUT2D eigenvalue weighted by Crippen LogP contribution is 2.18. The summed E-state index contributed by atoms with van der Waals surface area (Å²) in [6.45, 7) is 3.96. The van der Waals surface area contributed by atoms with Crippen LogP contribution in [-0.4, -0.2) is 54.7 Å². The fourth-order valence-electron chi connectivity index (χ4n) is 3.54. The molecule has 0 aliphatic carbocycles. The molecule has 0 atom stereocenters. The smallest absolute Gasteiger partial charge is 0.310 e. The lowest BCUT2D eigenvalue weighted by molar-refractivity contribution is -0.146. The second kappa shape index (κ2) is 9.56. The lowest BCUT2D eigenvalue weighted by atomic mass is 10.1. The average Bonchev–Trinajstić information content (AvgIpc) is 3.17. The number of carbonyl (C=O) groups is 2. The summed E-state index contributed by atoms with van der Waals surface area (Å²) in [4.78, 5) is 29.7. The first-order valence-corrected chi connectivity index (χ1v) is 10.1. The van der Waals surface area contributed by atoms with Crippen LogP contribution in [-0.2, 0) is 32.0 Å². The number of amides is 1. The number of H-pyrrole nitrogens is 1. The zero-order valence-corrected chi connectivity index (χ0v) is 16.7. The molecule has 0 saturated carbocycles. The lowest BCUT2D eigenvalue weighted by Crippen LogP contribution is -2.35. The van der Waals surface area contributed by atoms with Crippen LogP contribution >= 0.6 is 0 Å². The summed E-state index contributed by atoms with van der Waals surface area (Å²) >= 11 is 0. The van der Waals surface area contributed by atoms with Crippen molar-refractivity contribution in [1.82, 2.24) is 9.88 Å². The minimum absolute atomic E-state index is 0.119. The number of esters is 1. The van der Waals surface area contributed by atoms with E-state index in [-0.39, 0.29) is 18.9 Å². The third-order valence-electron chi connectivity index (χ3n) is 5.12. The Kier molecular flexibility index (Phi) is 6.41. The first kappa shape index (κ1) is 20.1. The number of rotatable bonds is 7. The number of anilines is 1. The predicted molar refractivity (Wildman–Crippen MR) is 114 cm³/mol. The normalized spacial score (nSPS) is 14.5. The Morgan fingerprint density at radius 3 is 2.63 bits per heavy atom. The van der Waals surface area contributed by atoms with Crippen LogP contribution in [0.5, 0.6) is 0 Å². The summed E-state index contributed by atoms with van der Waals surface area (Å²) in [7, 11) is 0. The third kappa shape index (κ3) is 5.25. The van der Waals surface area contributed by atoms with E-state index in [1.165, 1.54) is 5.56 Å². The highest BCUT2D eigenvalue weighted by atomic mass is 16.5. The minimum Gasteiger partial charge on any atom is -0.455 e. The number of hydrogen-bond acceptors (Lipinski definition) is 5. The van der Waals surface area contributed by atoms with Gasteiger partial charge in [0.25, 0.3) is 5.91 Å². The molecule has 0 unspecified atom stereocenters. The van der Waals surface area contributed by atoms with Crippen molar-refractivity contribution in [1.29, 1.82) is 0 Å². The second-order valence-corrected chi connectivity index (χ2v) is 7.33. The molecule has 2 heterocycles. The Bertz CT molecular complexity index is 1010. The summed E-state index contributed by atoms with van der Waals surface area (Å²) in [6, 6.07) is 15.5. The van der Waals surface area contributed by atoms with Crippen LogP contribution in [0.25, 0.3) is 10.9 Å². The van der Waals surface area contributed by atoms with E-state index in [0.717, 1.165) is 49.3 Å². The second-order valence-electron chi connectivity index (χ2n) is 7.33. The molecule has 1 aliphatic heterocycles. The van der Waals surface area contributed by atoms with Gasteiger partial charge in [-0.05, 0) is 29.3 Å². The van der Waals surface area contributed by atoms with Gasteiger partial charge in [0.1, 0.15) is 0 Å². The van der Waals surface area contributed by atoms with E-state index in [2.05, 4.69) is 15.2 Å². The monoisotopic (exact) mass is 407 g/mol. The van der Waals surface area contributed by atoms with E-state index in [1.54, 1.807) is 6.20 Å². The van der Waals surface area contributed by atoms with E-state index in [4.69, 9.17) is 9.47 Å². The van der Waals surface area contributed by atoms with E-state index in [1.807, 2.05) is 48.5 Å². The fraction of sp³-hybridized carbons (Fsp3) is 0.304. The summed E-state index contributed by atoms with van der Waals surface area (Å²) < 4.78 is 10.5. The molecule has 3 aromatic rings. The molecule has 1 aliphatic rings. The number of nitrogens with zero attached hydrogens (tertiary/aromatic N) is 1. The number of carbonyl (C=O) groups excluding carboxylic acids is 2. The molecule has 2 aromatic carbocycles. The Labute approximate surface area is 175 Å². The zero-order chi connectivity index (χ0) is 20.8. The fourth-order valence-corrected chi connectivity index (χ4v) is 3.54. The molecule has 4 rings (SSSR count). The van der Waals surface area contributed by atoms with Gasteiger partial charge in [-0.3, -0.25) is 14.5 Å². The number of benzene rings is 2. The van der Waals surface area contributed by atoms with E-state index >= 15 is 0 Å². The Hall–Kier alpha value is -3.16. The molecule has 7 nitrogen and oxygen atoms in total. The predicted octanol–water partition coefficient (Wildman–Crippen LogP) is 2.72. The van der Waals surface area contributed by atoms with Crippen molar-refractivity contribution in [3.63, 3.8) is 0 Å². The quantitative estimate of drug-likeness (QED) is 0.589. The van der Waals surface area contributed by atoms with Gasteiger partial charge in [-0.25, -0.2) is 0 Å². The minimum atomic E-state index is -0.434. The van der Waals surface area contributed by atoms with E-state index in [9.17, 15) is 9.59 Å². The van der Waals surface area contributed by atoms with Crippen LogP contribution in [0.3, 0.4) is 0 Å². The molecule has 0 bridgehead atoms. The van der Waals surface area contributed by atoms with Crippen LogP contribution in [0, 0.1) is 0 Å². The lowest BCUT2D eigenvalue weighted by Gasteiger charge is -2.26. The Morgan fingerprint density at radius 2 is 1.83 bits per heavy atom. The summed E-state index contributed by atoms with van der Waals surface area (Å²) in [5.74, 6) is -0.793. The van der Waals surface area contributed by atoms with Crippen LogP contribution in [0.4, 0.5) is 5.69 Å². The van der Waals surface area contributed by atoms with E-state index in [0.29, 0.717) is 5.69 Å². The van der Waals surface area contributed by atoms with Gasteiger partial charge in [0.15, 0.2) is 6.61 Å². The van der Waals surface area contributed by atoms with Crippen molar-refractivity contribution in [3.05, 3.63) is 65.9 Å². The maximum atomic E-state index is 12.1. The third-order valence-corrected chi connectivity index (χ3v) is 5.12. The van der Waals surface area contributed by atoms with Crippen molar-refractivity contribution in [2.75, 3.05) is 38.2 Å². The maximum Gasteiger partial charge on any atom is 0.310 e. The average molecular weight is 407 g/mol. The van der Waals surface area contributed by atoms with Gasteiger partial charge >= 0.3 is 5.97 Å². The number of nitrogens with one attached hydrogen (secondary N) is 2. The summed E-state index contributed by atoms with van der Waals surface area (Å²) in [6.07, 6.45) is 1.91. The van der Waals surface area contributed by atoms with Gasteiger partial charge in [0.05, 0.1) is 19.6 Å². The molecular weight excluding hydrogens is 382 g/mol. The molecule has 2 N–H and O–H groups in total. The van der Waals surface area contributed by atoms with Crippen LogP contribution < -0.4 is 5.32 Å². The van der Waals surface area contributed by atoms with Crippen molar-refractivity contribution in [3.8, 4) is 0 Å². The van der Waals surface area contributed by atoms with Gasteiger partial charge in [0, 0.05) is 42.4 Å².